The van der Waals surface area contributed by atoms with E-state index in [0.29, 0.717) is 47.9 Å². The number of likely N-dealkylation sites (N-methyl/N-ethyl adjacent to an activating group) is 1. The number of halogens is 3. The van der Waals surface area contributed by atoms with E-state index < -0.39 is 11.8 Å². The molecule has 2 aliphatic heterocycles. The van der Waals surface area contributed by atoms with Gasteiger partial charge in [-0.05, 0) is 42.7 Å². The van der Waals surface area contributed by atoms with Crippen LogP contribution < -0.4 is 10.1 Å². The Morgan fingerprint density at radius 1 is 1.14 bits per heavy atom. The number of rotatable bonds is 7. The number of aromatic nitrogens is 1. The molecule has 1 atom stereocenters. The van der Waals surface area contributed by atoms with Crippen molar-refractivity contribution in [1.82, 2.24) is 14.9 Å². The summed E-state index contributed by atoms with van der Waals surface area (Å²) >= 11 is 13.6. The number of anilines is 1. The van der Waals surface area contributed by atoms with E-state index >= 15 is 4.39 Å². The van der Waals surface area contributed by atoms with E-state index in [2.05, 4.69) is 15.3 Å². The molecule has 1 fully saturated rings. The summed E-state index contributed by atoms with van der Waals surface area (Å²) in [5.74, 6) is -1.65. The second-order valence-electron chi connectivity index (χ2n) is 10.8. The zero-order valence-corrected chi connectivity index (χ0v) is 24.9. The third-order valence-electron chi connectivity index (χ3n) is 8.14. The summed E-state index contributed by atoms with van der Waals surface area (Å²) in [7, 11) is 3.31. The Labute approximate surface area is 257 Å². The molecule has 0 saturated carbocycles. The summed E-state index contributed by atoms with van der Waals surface area (Å²) in [6, 6.07) is 9.86. The molecular formula is C31H28Cl2FN5O4. The van der Waals surface area contributed by atoms with Gasteiger partial charge in [0, 0.05) is 60.2 Å². The Morgan fingerprint density at radius 2 is 1.91 bits per heavy atom. The van der Waals surface area contributed by atoms with Crippen LogP contribution in [0.3, 0.4) is 0 Å². The van der Waals surface area contributed by atoms with Gasteiger partial charge in [-0.15, -0.1) is 0 Å². The highest BCUT2D eigenvalue weighted by Crippen LogP contribution is 2.47. The predicted molar refractivity (Wildman–Crippen MR) is 163 cm³/mol. The number of amides is 1. The van der Waals surface area contributed by atoms with E-state index in [0.717, 1.165) is 24.0 Å². The highest BCUT2D eigenvalue weighted by molar-refractivity contribution is 6.39. The summed E-state index contributed by atoms with van der Waals surface area (Å²) < 4.78 is 21.0. The second kappa shape index (κ2) is 11.6. The molecule has 43 heavy (non-hydrogen) atoms. The van der Waals surface area contributed by atoms with Crippen LogP contribution in [-0.4, -0.2) is 71.9 Å². The van der Waals surface area contributed by atoms with E-state index in [9.17, 15) is 14.7 Å². The number of pyridine rings is 1. The van der Waals surface area contributed by atoms with Crippen LogP contribution in [0.4, 0.5) is 10.1 Å². The Bertz CT molecular complexity index is 1710. The van der Waals surface area contributed by atoms with E-state index in [-0.39, 0.29) is 39.2 Å². The molecule has 3 aromatic rings. The topological polar surface area (TPSA) is 107 Å². The predicted octanol–water partition coefficient (Wildman–Crippen LogP) is 5.67. The molecule has 12 heteroatoms. The van der Waals surface area contributed by atoms with Crippen LogP contribution in [0.15, 0.2) is 53.1 Å². The van der Waals surface area contributed by atoms with Gasteiger partial charge in [0.25, 0.3) is 5.91 Å². The van der Waals surface area contributed by atoms with Gasteiger partial charge in [-0.2, -0.15) is 5.10 Å². The molecule has 2 aromatic carbocycles. The number of carboxylic acids is 1. The highest BCUT2D eigenvalue weighted by atomic mass is 35.5. The van der Waals surface area contributed by atoms with Crippen molar-refractivity contribution in [3.63, 3.8) is 0 Å². The maximum atomic E-state index is 15.3. The van der Waals surface area contributed by atoms with E-state index in [1.807, 2.05) is 6.07 Å². The summed E-state index contributed by atoms with van der Waals surface area (Å²) in [6.07, 6.45) is 4.75. The molecule has 1 aliphatic carbocycles. The number of aryl methyl sites for hydroxylation is 1. The van der Waals surface area contributed by atoms with Crippen LogP contribution in [0.25, 0.3) is 22.4 Å². The lowest BCUT2D eigenvalue weighted by atomic mass is 9.95. The first kappa shape index (κ1) is 29.1. The number of hydrogen-bond donors (Lipinski definition) is 2. The summed E-state index contributed by atoms with van der Waals surface area (Å²) in [5, 5.41) is 18.0. The quantitative estimate of drug-likeness (QED) is 0.349. The molecule has 6 rings (SSSR count). The molecule has 1 amide bonds. The molecule has 0 spiro atoms. The molecular weight excluding hydrogens is 596 g/mol. The highest BCUT2D eigenvalue weighted by Gasteiger charge is 2.41. The van der Waals surface area contributed by atoms with Crippen LogP contribution in [-0.2, 0) is 16.0 Å². The molecule has 222 valence electrons. The number of nitrogens with zero attached hydrogens (tertiary/aromatic N) is 4. The van der Waals surface area contributed by atoms with Crippen LogP contribution in [0.5, 0.6) is 5.88 Å². The van der Waals surface area contributed by atoms with Crippen molar-refractivity contribution in [1.29, 1.82) is 0 Å². The number of ether oxygens (including phenoxy) is 1. The molecule has 0 radical (unpaired) electrons. The minimum absolute atomic E-state index is 0.0161. The molecule has 3 aliphatic rings. The van der Waals surface area contributed by atoms with Crippen LogP contribution >= 0.6 is 23.2 Å². The third kappa shape index (κ3) is 5.35. The molecule has 9 nitrogen and oxygen atoms in total. The van der Waals surface area contributed by atoms with Crippen molar-refractivity contribution >= 4 is 47.0 Å². The van der Waals surface area contributed by atoms with Crippen molar-refractivity contribution in [3.05, 3.63) is 75.0 Å². The first-order valence-corrected chi connectivity index (χ1v) is 14.5. The lowest BCUT2D eigenvalue weighted by Crippen LogP contribution is -2.51. The number of hydrazone groups is 1. The zero-order valence-electron chi connectivity index (χ0n) is 23.4. The van der Waals surface area contributed by atoms with Crippen molar-refractivity contribution in [2.24, 2.45) is 11.0 Å². The number of nitrogens with one attached hydrogen (secondary N) is 1. The molecule has 0 bridgehead atoms. The number of benzene rings is 2. The largest absolute Gasteiger partial charge is 0.481 e. The Hall–Kier alpha value is -3.99. The van der Waals surface area contributed by atoms with E-state index in [1.165, 1.54) is 18.3 Å². The third-order valence-corrected chi connectivity index (χ3v) is 8.94. The van der Waals surface area contributed by atoms with Gasteiger partial charge in [-0.25, -0.2) is 9.37 Å². The smallest absolute Gasteiger partial charge is 0.309 e. The number of fused-ring (bicyclic) bond motifs is 1. The van der Waals surface area contributed by atoms with Gasteiger partial charge >= 0.3 is 5.97 Å². The Morgan fingerprint density at radius 3 is 2.63 bits per heavy atom. The Balaban J connectivity index is 1.33. The van der Waals surface area contributed by atoms with Gasteiger partial charge in [0.15, 0.2) is 0 Å². The fourth-order valence-electron chi connectivity index (χ4n) is 5.91. The molecule has 1 unspecified atom stereocenters. The first-order chi connectivity index (χ1) is 20.7. The van der Waals surface area contributed by atoms with Gasteiger partial charge in [-0.1, -0.05) is 41.4 Å². The molecule has 3 heterocycles. The number of methoxy groups -OCH3 is 1. The number of carbonyl (C=O) groups excluding carboxylic acids is 1. The van der Waals surface area contributed by atoms with Crippen LogP contribution in [0.2, 0.25) is 10.0 Å². The van der Waals surface area contributed by atoms with E-state index in [4.69, 9.17) is 32.9 Å². The monoisotopic (exact) mass is 623 g/mol. The first-order valence-electron chi connectivity index (χ1n) is 13.7. The van der Waals surface area contributed by atoms with Crippen molar-refractivity contribution in [2.45, 2.75) is 18.9 Å². The molecule has 1 aromatic heterocycles. The number of carbonyl (C=O) groups is 2. The minimum atomic E-state index is -0.779. The number of carboxylic acid groups (broad SMARTS) is 1. The lowest BCUT2D eigenvalue weighted by molar-refractivity contribution is -0.148. The van der Waals surface area contributed by atoms with Gasteiger partial charge in [0.1, 0.15) is 5.82 Å². The molecule has 1 saturated heterocycles. The van der Waals surface area contributed by atoms with Crippen molar-refractivity contribution in [3.8, 4) is 28.3 Å². The summed E-state index contributed by atoms with van der Waals surface area (Å²) in [6.45, 7) is 1.31. The standard InChI is InChI=1S/C31H28Cl2FN5O4/c1-38-13-17(10-11-35-38)29(40)36-22-8-7-21(34)26(28(22)33)20-5-3-4-19(27(20)32)23-12-16-6-9-24(25(16)30(37-23)43-2)39-14-18(15-39)31(41)42/h3-5,7-8,10-12,18,24H,6,9,13-15H2,1-2H3,(H,36,40)(H,41,42). The summed E-state index contributed by atoms with van der Waals surface area (Å²) in [4.78, 5) is 31.1. The number of hydrogen-bond acceptors (Lipinski definition) is 7. The van der Waals surface area contributed by atoms with Crippen LogP contribution in [0, 0.1) is 11.7 Å². The number of likely N-dealkylation sites (tertiary alicyclic amines) is 1. The van der Waals surface area contributed by atoms with Gasteiger partial charge in [0.2, 0.25) is 5.88 Å². The fraction of sp³-hybridized carbons (Fsp3) is 0.290. The van der Waals surface area contributed by atoms with Crippen molar-refractivity contribution < 1.29 is 23.8 Å². The summed E-state index contributed by atoms with van der Waals surface area (Å²) in [5.41, 5.74) is 4.27. The van der Waals surface area contributed by atoms with Gasteiger partial charge < -0.3 is 15.2 Å². The SMILES string of the molecule is COc1nc(-c2cccc(-c3c(F)ccc(NC(=O)C4=CC=NN(C)C4)c3Cl)c2Cl)cc2c1C(N1CC(C(=O)O)C1)CC2. The maximum Gasteiger partial charge on any atom is 0.309 e. The average Bonchev–Trinajstić information content (AvgIpc) is 3.37. The van der Waals surface area contributed by atoms with Gasteiger partial charge in [0.05, 0.1) is 41.0 Å². The number of aliphatic carboxylic acids is 1. The second-order valence-corrected chi connectivity index (χ2v) is 11.6. The van der Waals surface area contributed by atoms with E-state index in [1.54, 1.807) is 43.4 Å². The Kier molecular flexibility index (Phi) is 7.85. The molecule has 2 N–H and O–H groups in total. The fourth-order valence-corrected chi connectivity index (χ4v) is 6.53. The normalized spacial score (nSPS) is 18.2. The number of allylic oxidation sites excluding steroid dienone is 1. The minimum Gasteiger partial charge on any atom is -0.481 e. The lowest BCUT2D eigenvalue weighted by Gasteiger charge is -2.41. The average molecular weight is 625 g/mol. The maximum absolute atomic E-state index is 15.3. The van der Waals surface area contributed by atoms with Crippen molar-refractivity contribution in [2.75, 3.05) is 39.1 Å². The van der Waals surface area contributed by atoms with Crippen LogP contribution in [0.1, 0.15) is 23.6 Å². The van der Waals surface area contributed by atoms with Gasteiger partial charge in [-0.3, -0.25) is 19.5 Å². The zero-order chi connectivity index (χ0) is 30.4.